The quantitative estimate of drug-likeness (QED) is 0.877. The molecule has 0 spiro atoms. The predicted molar refractivity (Wildman–Crippen MR) is 86.3 cm³/mol. The number of anilines is 1. The SMILES string of the molecule is CCOc1ncccc1NC(=O)[C@@H]1CC(=O)N(Cc2ccco2)C1. The van der Waals surface area contributed by atoms with E-state index in [2.05, 4.69) is 10.3 Å². The number of furan rings is 1. The van der Waals surface area contributed by atoms with Gasteiger partial charge in [0.15, 0.2) is 0 Å². The second kappa shape index (κ2) is 7.16. The first-order valence-corrected chi connectivity index (χ1v) is 7.86. The van der Waals surface area contributed by atoms with Gasteiger partial charge in [0.25, 0.3) is 0 Å². The summed E-state index contributed by atoms with van der Waals surface area (Å²) < 4.78 is 10.7. The predicted octanol–water partition coefficient (Wildman–Crippen LogP) is 2.06. The number of ether oxygens (including phenoxy) is 1. The molecule has 3 rings (SSSR count). The summed E-state index contributed by atoms with van der Waals surface area (Å²) >= 11 is 0. The van der Waals surface area contributed by atoms with Crippen LogP contribution in [0.4, 0.5) is 5.69 Å². The van der Waals surface area contributed by atoms with Crippen LogP contribution in [0.5, 0.6) is 5.88 Å². The first-order valence-electron chi connectivity index (χ1n) is 7.86. The molecule has 2 aromatic rings. The molecule has 0 aliphatic carbocycles. The summed E-state index contributed by atoms with van der Waals surface area (Å²) in [4.78, 5) is 30.3. The number of carbonyl (C=O) groups is 2. The third kappa shape index (κ3) is 3.56. The van der Waals surface area contributed by atoms with E-state index in [0.717, 1.165) is 0 Å². The summed E-state index contributed by atoms with van der Waals surface area (Å²) in [6.45, 7) is 3.06. The number of likely N-dealkylation sites (tertiary alicyclic amines) is 1. The van der Waals surface area contributed by atoms with E-state index >= 15 is 0 Å². The van der Waals surface area contributed by atoms with E-state index in [4.69, 9.17) is 9.15 Å². The van der Waals surface area contributed by atoms with Gasteiger partial charge < -0.3 is 19.4 Å². The van der Waals surface area contributed by atoms with Crippen LogP contribution in [0, 0.1) is 5.92 Å². The van der Waals surface area contributed by atoms with Gasteiger partial charge in [0.1, 0.15) is 11.4 Å². The zero-order valence-electron chi connectivity index (χ0n) is 13.4. The van der Waals surface area contributed by atoms with Gasteiger partial charge in [0.2, 0.25) is 17.7 Å². The Hall–Kier alpha value is -2.83. The van der Waals surface area contributed by atoms with Gasteiger partial charge in [-0.2, -0.15) is 0 Å². The molecule has 0 bridgehead atoms. The van der Waals surface area contributed by atoms with Crippen LogP contribution >= 0.6 is 0 Å². The largest absolute Gasteiger partial charge is 0.476 e. The van der Waals surface area contributed by atoms with Gasteiger partial charge in [-0.05, 0) is 31.2 Å². The van der Waals surface area contributed by atoms with Gasteiger partial charge in [0.05, 0.1) is 25.3 Å². The Morgan fingerprint density at radius 2 is 2.33 bits per heavy atom. The van der Waals surface area contributed by atoms with Crippen LogP contribution in [0.15, 0.2) is 41.1 Å². The molecule has 0 unspecified atom stereocenters. The number of carbonyl (C=O) groups excluding carboxylic acids is 2. The van der Waals surface area contributed by atoms with E-state index in [1.807, 2.05) is 13.0 Å². The number of nitrogens with zero attached hydrogens (tertiary/aromatic N) is 2. The molecule has 2 amide bonds. The van der Waals surface area contributed by atoms with E-state index in [1.54, 1.807) is 35.6 Å². The Kier molecular flexibility index (Phi) is 4.79. The molecule has 3 heterocycles. The third-order valence-electron chi connectivity index (χ3n) is 3.82. The molecule has 0 aromatic carbocycles. The number of pyridine rings is 1. The molecule has 1 N–H and O–H groups in total. The van der Waals surface area contributed by atoms with Crippen molar-refractivity contribution in [2.24, 2.45) is 5.92 Å². The molecule has 7 nitrogen and oxygen atoms in total. The maximum Gasteiger partial charge on any atom is 0.237 e. The normalized spacial score (nSPS) is 17.1. The summed E-state index contributed by atoms with van der Waals surface area (Å²) in [5.41, 5.74) is 0.515. The molecule has 24 heavy (non-hydrogen) atoms. The fourth-order valence-electron chi connectivity index (χ4n) is 2.66. The average molecular weight is 329 g/mol. The first kappa shape index (κ1) is 16.0. The molecule has 7 heteroatoms. The molecule has 0 saturated carbocycles. The summed E-state index contributed by atoms with van der Waals surface area (Å²) in [5.74, 6) is 0.421. The smallest absolute Gasteiger partial charge is 0.237 e. The van der Waals surface area contributed by atoms with Crippen LogP contribution in [-0.2, 0) is 16.1 Å². The van der Waals surface area contributed by atoms with Crippen molar-refractivity contribution in [1.82, 2.24) is 9.88 Å². The van der Waals surface area contributed by atoms with Gasteiger partial charge in [-0.15, -0.1) is 0 Å². The molecule has 0 radical (unpaired) electrons. The highest BCUT2D eigenvalue weighted by Gasteiger charge is 2.35. The lowest BCUT2D eigenvalue weighted by molar-refractivity contribution is -0.128. The number of rotatable bonds is 6. The van der Waals surface area contributed by atoms with E-state index in [1.165, 1.54) is 0 Å². The molecule has 1 atom stereocenters. The molecule has 1 aliphatic rings. The second-order valence-electron chi connectivity index (χ2n) is 5.53. The Labute approximate surface area is 139 Å². The highest BCUT2D eigenvalue weighted by atomic mass is 16.5. The van der Waals surface area contributed by atoms with Crippen molar-refractivity contribution in [1.29, 1.82) is 0 Å². The lowest BCUT2D eigenvalue weighted by Gasteiger charge is -2.15. The summed E-state index contributed by atoms with van der Waals surface area (Å²) in [5, 5.41) is 2.81. The maximum atomic E-state index is 12.5. The van der Waals surface area contributed by atoms with Crippen molar-refractivity contribution in [3.05, 3.63) is 42.5 Å². The molecule has 2 aromatic heterocycles. The number of hydrogen-bond acceptors (Lipinski definition) is 5. The molecule has 126 valence electrons. The highest BCUT2D eigenvalue weighted by Crippen LogP contribution is 2.25. The molecule has 1 fully saturated rings. The first-order chi connectivity index (χ1) is 11.7. The van der Waals surface area contributed by atoms with Gasteiger partial charge in [-0.1, -0.05) is 0 Å². The molecular formula is C17H19N3O4. The summed E-state index contributed by atoms with van der Waals surface area (Å²) in [7, 11) is 0. The van der Waals surface area contributed by atoms with Crippen molar-refractivity contribution in [2.45, 2.75) is 19.9 Å². The van der Waals surface area contributed by atoms with Gasteiger partial charge in [-0.25, -0.2) is 4.98 Å². The van der Waals surface area contributed by atoms with E-state index in [9.17, 15) is 9.59 Å². The van der Waals surface area contributed by atoms with Gasteiger partial charge >= 0.3 is 0 Å². The van der Waals surface area contributed by atoms with Crippen molar-refractivity contribution in [3.8, 4) is 5.88 Å². The Bertz CT molecular complexity index is 714. The summed E-state index contributed by atoms with van der Waals surface area (Å²) in [6, 6.07) is 7.04. The van der Waals surface area contributed by atoms with Gasteiger partial charge in [-0.3, -0.25) is 9.59 Å². The van der Waals surface area contributed by atoms with Crippen LogP contribution in [0.2, 0.25) is 0 Å². The zero-order valence-corrected chi connectivity index (χ0v) is 13.4. The minimum absolute atomic E-state index is 0.0530. The number of nitrogens with one attached hydrogen (secondary N) is 1. The van der Waals surface area contributed by atoms with Crippen LogP contribution in [0.3, 0.4) is 0 Å². The van der Waals surface area contributed by atoms with Crippen molar-refractivity contribution < 1.29 is 18.7 Å². The number of hydrogen-bond donors (Lipinski definition) is 1. The fourth-order valence-corrected chi connectivity index (χ4v) is 2.66. The van der Waals surface area contributed by atoms with Crippen LogP contribution < -0.4 is 10.1 Å². The minimum Gasteiger partial charge on any atom is -0.476 e. The molecular weight excluding hydrogens is 310 g/mol. The van der Waals surface area contributed by atoms with Crippen LogP contribution in [0.25, 0.3) is 0 Å². The Balaban J connectivity index is 1.63. The lowest BCUT2D eigenvalue weighted by Crippen LogP contribution is -2.28. The Morgan fingerprint density at radius 1 is 1.46 bits per heavy atom. The lowest BCUT2D eigenvalue weighted by atomic mass is 10.1. The van der Waals surface area contributed by atoms with Crippen molar-refractivity contribution in [3.63, 3.8) is 0 Å². The van der Waals surface area contributed by atoms with Crippen LogP contribution in [0.1, 0.15) is 19.1 Å². The minimum atomic E-state index is -0.401. The number of aromatic nitrogens is 1. The van der Waals surface area contributed by atoms with Gasteiger partial charge in [0, 0.05) is 19.2 Å². The van der Waals surface area contributed by atoms with E-state index in [0.29, 0.717) is 37.0 Å². The number of amides is 2. The maximum absolute atomic E-state index is 12.5. The summed E-state index contributed by atoms with van der Waals surface area (Å²) in [6.07, 6.45) is 3.36. The second-order valence-corrected chi connectivity index (χ2v) is 5.53. The van der Waals surface area contributed by atoms with E-state index in [-0.39, 0.29) is 18.2 Å². The third-order valence-corrected chi connectivity index (χ3v) is 3.82. The molecule has 1 aliphatic heterocycles. The monoisotopic (exact) mass is 329 g/mol. The highest BCUT2D eigenvalue weighted by molar-refractivity contribution is 5.97. The van der Waals surface area contributed by atoms with E-state index < -0.39 is 5.92 Å². The zero-order chi connectivity index (χ0) is 16.9. The molecule has 1 saturated heterocycles. The van der Waals surface area contributed by atoms with Crippen molar-refractivity contribution >= 4 is 17.5 Å². The standard InChI is InChI=1S/C17H19N3O4/c1-2-23-17-14(6-3-7-18-17)19-16(22)12-9-15(21)20(10-12)11-13-5-4-8-24-13/h3-8,12H,2,9-11H2,1H3,(H,19,22)/t12-/m1/s1. The Morgan fingerprint density at radius 3 is 3.08 bits per heavy atom. The average Bonchev–Trinajstić information content (AvgIpc) is 3.20. The van der Waals surface area contributed by atoms with Crippen LogP contribution in [-0.4, -0.2) is 34.8 Å². The van der Waals surface area contributed by atoms with Crippen molar-refractivity contribution in [2.75, 3.05) is 18.5 Å². The fraction of sp³-hybridized carbons (Fsp3) is 0.353. The topological polar surface area (TPSA) is 84.7 Å².